The topological polar surface area (TPSA) is 32.3 Å². The average Bonchev–Trinajstić information content (AvgIpc) is 2.30. The van der Waals surface area contributed by atoms with E-state index < -0.39 is 0 Å². The summed E-state index contributed by atoms with van der Waals surface area (Å²) in [4.78, 5) is 0. The van der Waals surface area contributed by atoms with Crippen LogP contribution in [0.3, 0.4) is 0 Å². The molecule has 0 radical (unpaired) electrons. The molecule has 0 aliphatic heterocycles. The van der Waals surface area contributed by atoms with Crippen molar-refractivity contribution in [1.82, 2.24) is 5.32 Å². The second-order valence-corrected chi connectivity index (χ2v) is 4.66. The van der Waals surface area contributed by atoms with E-state index >= 15 is 0 Å². The Hall–Kier alpha value is -0.930. The lowest BCUT2D eigenvalue weighted by atomic mass is 10.0. The van der Waals surface area contributed by atoms with Crippen LogP contribution >= 0.6 is 0 Å². The minimum atomic E-state index is -0.154. The maximum atomic E-state index is 13.4. The fourth-order valence-corrected chi connectivity index (χ4v) is 1.88. The van der Waals surface area contributed by atoms with Crippen molar-refractivity contribution >= 4 is 0 Å². The SMILES string of the molecule is Cc1ccc(C(C)NC(C)CCCO)cc1F. The largest absolute Gasteiger partial charge is 0.396 e. The van der Waals surface area contributed by atoms with Crippen LogP contribution in [0.5, 0.6) is 0 Å². The number of benzene rings is 1. The Bertz CT molecular complexity index is 354. The fraction of sp³-hybridized carbons (Fsp3) is 0.571. The molecule has 3 heteroatoms. The molecule has 1 rings (SSSR count). The Balaban J connectivity index is 2.57. The highest BCUT2D eigenvalue weighted by molar-refractivity contribution is 5.25. The van der Waals surface area contributed by atoms with Gasteiger partial charge in [0.15, 0.2) is 0 Å². The molecule has 0 amide bonds. The highest BCUT2D eigenvalue weighted by Crippen LogP contribution is 2.17. The number of hydrogen-bond acceptors (Lipinski definition) is 2. The first-order valence-corrected chi connectivity index (χ1v) is 6.17. The smallest absolute Gasteiger partial charge is 0.126 e. The predicted molar refractivity (Wildman–Crippen MR) is 68.5 cm³/mol. The average molecular weight is 239 g/mol. The van der Waals surface area contributed by atoms with E-state index in [4.69, 9.17) is 5.11 Å². The summed E-state index contributed by atoms with van der Waals surface area (Å²) in [5.74, 6) is -0.154. The van der Waals surface area contributed by atoms with Crippen molar-refractivity contribution in [2.75, 3.05) is 6.61 Å². The van der Waals surface area contributed by atoms with Crippen LogP contribution in [0.25, 0.3) is 0 Å². The molecule has 2 N–H and O–H groups in total. The van der Waals surface area contributed by atoms with Crippen LogP contribution in [0, 0.1) is 12.7 Å². The molecule has 0 spiro atoms. The molecule has 1 aromatic carbocycles. The Kier molecular flexibility index (Phi) is 5.59. The van der Waals surface area contributed by atoms with Gasteiger partial charge in [-0.3, -0.25) is 0 Å². The van der Waals surface area contributed by atoms with Crippen molar-refractivity contribution < 1.29 is 9.50 Å². The summed E-state index contributed by atoms with van der Waals surface area (Å²) >= 11 is 0. The lowest BCUT2D eigenvalue weighted by Gasteiger charge is -2.20. The van der Waals surface area contributed by atoms with Crippen molar-refractivity contribution in [2.24, 2.45) is 0 Å². The third-order valence-electron chi connectivity index (χ3n) is 3.03. The maximum absolute atomic E-state index is 13.4. The van der Waals surface area contributed by atoms with Gasteiger partial charge in [-0.05, 0) is 50.8 Å². The van der Waals surface area contributed by atoms with Gasteiger partial charge >= 0.3 is 0 Å². The van der Waals surface area contributed by atoms with Crippen molar-refractivity contribution in [3.05, 3.63) is 35.1 Å². The van der Waals surface area contributed by atoms with Gasteiger partial charge in [-0.15, -0.1) is 0 Å². The zero-order valence-electron chi connectivity index (χ0n) is 10.8. The summed E-state index contributed by atoms with van der Waals surface area (Å²) in [5.41, 5.74) is 1.64. The van der Waals surface area contributed by atoms with Gasteiger partial charge in [-0.1, -0.05) is 12.1 Å². The summed E-state index contributed by atoms with van der Waals surface area (Å²) in [7, 11) is 0. The van der Waals surface area contributed by atoms with E-state index in [1.165, 1.54) is 0 Å². The van der Waals surface area contributed by atoms with Crippen molar-refractivity contribution in [2.45, 2.75) is 45.7 Å². The Morgan fingerprint density at radius 3 is 2.65 bits per heavy atom. The normalized spacial score (nSPS) is 14.6. The van der Waals surface area contributed by atoms with E-state index in [2.05, 4.69) is 12.2 Å². The Morgan fingerprint density at radius 1 is 1.35 bits per heavy atom. The third-order valence-corrected chi connectivity index (χ3v) is 3.03. The Labute approximate surface area is 103 Å². The molecule has 0 saturated carbocycles. The van der Waals surface area contributed by atoms with Gasteiger partial charge in [0.1, 0.15) is 5.82 Å². The first-order chi connectivity index (χ1) is 8.04. The number of aryl methyl sites for hydroxylation is 1. The molecule has 0 bridgehead atoms. The lowest BCUT2D eigenvalue weighted by molar-refractivity contribution is 0.274. The standard InChI is InChI=1S/C14H22FNO/c1-10-6-7-13(9-14(10)15)12(3)16-11(2)5-4-8-17/h6-7,9,11-12,16-17H,4-5,8H2,1-3H3. The van der Waals surface area contributed by atoms with Crippen LogP contribution in [-0.2, 0) is 0 Å². The summed E-state index contributed by atoms with van der Waals surface area (Å²) in [6.45, 7) is 6.09. The molecule has 0 fully saturated rings. The van der Waals surface area contributed by atoms with E-state index in [9.17, 15) is 4.39 Å². The maximum Gasteiger partial charge on any atom is 0.126 e. The molecule has 0 aliphatic carbocycles. The number of aliphatic hydroxyl groups excluding tert-OH is 1. The predicted octanol–water partition coefficient (Wildman–Crippen LogP) is 2.95. The van der Waals surface area contributed by atoms with Crippen LogP contribution in [0.15, 0.2) is 18.2 Å². The second-order valence-electron chi connectivity index (χ2n) is 4.66. The quantitative estimate of drug-likeness (QED) is 0.800. The summed E-state index contributed by atoms with van der Waals surface area (Å²) in [5, 5.41) is 12.2. The number of halogens is 1. The number of aliphatic hydroxyl groups is 1. The van der Waals surface area contributed by atoms with E-state index in [1.54, 1.807) is 19.1 Å². The molecule has 0 saturated heterocycles. The van der Waals surface area contributed by atoms with E-state index in [1.807, 2.05) is 13.0 Å². The summed E-state index contributed by atoms with van der Waals surface area (Å²) in [6.07, 6.45) is 1.72. The van der Waals surface area contributed by atoms with Gasteiger partial charge in [-0.2, -0.15) is 0 Å². The summed E-state index contributed by atoms with van der Waals surface area (Å²) < 4.78 is 13.4. The van der Waals surface area contributed by atoms with Gasteiger partial charge < -0.3 is 10.4 Å². The van der Waals surface area contributed by atoms with Crippen LogP contribution in [0.2, 0.25) is 0 Å². The number of hydrogen-bond donors (Lipinski definition) is 2. The van der Waals surface area contributed by atoms with Gasteiger partial charge in [0.05, 0.1) is 0 Å². The van der Waals surface area contributed by atoms with Gasteiger partial charge in [0.25, 0.3) is 0 Å². The minimum absolute atomic E-state index is 0.124. The first-order valence-electron chi connectivity index (χ1n) is 6.17. The zero-order chi connectivity index (χ0) is 12.8. The first kappa shape index (κ1) is 14.1. The highest BCUT2D eigenvalue weighted by Gasteiger charge is 2.10. The third kappa shape index (κ3) is 4.44. The molecule has 0 aliphatic rings. The molecule has 0 heterocycles. The van der Waals surface area contributed by atoms with E-state index in [0.717, 1.165) is 18.4 Å². The summed E-state index contributed by atoms with van der Waals surface area (Å²) in [6, 6.07) is 5.79. The van der Waals surface area contributed by atoms with Gasteiger partial charge in [0.2, 0.25) is 0 Å². The van der Waals surface area contributed by atoms with Crippen molar-refractivity contribution in [1.29, 1.82) is 0 Å². The molecule has 2 nitrogen and oxygen atoms in total. The molecular weight excluding hydrogens is 217 g/mol. The van der Waals surface area contributed by atoms with Crippen LogP contribution < -0.4 is 5.32 Å². The second kappa shape index (κ2) is 6.72. The van der Waals surface area contributed by atoms with Crippen LogP contribution in [-0.4, -0.2) is 17.8 Å². The highest BCUT2D eigenvalue weighted by atomic mass is 19.1. The molecule has 17 heavy (non-hydrogen) atoms. The minimum Gasteiger partial charge on any atom is -0.396 e. The van der Waals surface area contributed by atoms with Crippen molar-refractivity contribution in [3.8, 4) is 0 Å². The zero-order valence-corrected chi connectivity index (χ0v) is 10.8. The van der Waals surface area contributed by atoms with Crippen LogP contribution in [0.1, 0.15) is 43.9 Å². The molecule has 1 aromatic rings. The molecule has 0 aromatic heterocycles. The van der Waals surface area contributed by atoms with Gasteiger partial charge in [-0.25, -0.2) is 4.39 Å². The fourth-order valence-electron chi connectivity index (χ4n) is 1.88. The molecule has 96 valence electrons. The molecular formula is C14H22FNO. The van der Waals surface area contributed by atoms with Gasteiger partial charge in [0, 0.05) is 18.7 Å². The number of nitrogens with one attached hydrogen (secondary N) is 1. The molecule has 2 atom stereocenters. The molecule has 2 unspecified atom stereocenters. The van der Waals surface area contributed by atoms with E-state index in [0.29, 0.717) is 11.6 Å². The monoisotopic (exact) mass is 239 g/mol. The van der Waals surface area contributed by atoms with Crippen molar-refractivity contribution in [3.63, 3.8) is 0 Å². The Morgan fingerprint density at radius 2 is 2.06 bits per heavy atom. The number of rotatable bonds is 6. The van der Waals surface area contributed by atoms with E-state index in [-0.39, 0.29) is 18.5 Å². The van der Waals surface area contributed by atoms with Crippen LogP contribution in [0.4, 0.5) is 4.39 Å². The lowest BCUT2D eigenvalue weighted by Crippen LogP contribution is -2.29.